The third kappa shape index (κ3) is 1.83. The standard InChI is InChI=1S/C9H17NO2S/c1-7-9(10-2,8(11)12-3)5-4-6-13-7/h7,10H,4-6H2,1-3H3. The van der Waals surface area contributed by atoms with Crippen LogP contribution in [0.15, 0.2) is 0 Å². The molecule has 0 aromatic heterocycles. The topological polar surface area (TPSA) is 38.3 Å². The Bertz CT molecular complexity index is 198. The average Bonchev–Trinajstić information content (AvgIpc) is 2.18. The van der Waals surface area contributed by atoms with Gasteiger partial charge in [0.2, 0.25) is 0 Å². The lowest BCUT2D eigenvalue weighted by Gasteiger charge is -2.39. The summed E-state index contributed by atoms with van der Waals surface area (Å²) in [5, 5.41) is 3.41. The largest absolute Gasteiger partial charge is 0.468 e. The van der Waals surface area contributed by atoms with Crippen molar-refractivity contribution in [1.29, 1.82) is 0 Å². The summed E-state index contributed by atoms with van der Waals surface area (Å²) in [5.41, 5.74) is -0.461. The molecule has 0 spiro atoms. The molecule has 0 amide bonds. The van der Waals surface area contributed by atoms with E-state index in [4.69, 9.17) is 4.74 Å². The average molecular weight is 203 g/mol. The number of hydrogen-bond donors (Lipinski definition) is 1. The quantitative estimate of drug-likeness (QED) is 0.680. The Balaban J connectivity index is 2.82. The van der Waals surface area contributed by atoms with Crippen molar-refractivity contribution < 1.29 is 9.53 Å². The first kappa shape index (κ1) is 10.9. The normalized spacial score (nSPS) is 34.2. The number of nitrogens with one attached hydrogen (secondary N) is 1. The number of rotatable bonds is 2. The molecule has 1 rings (SSSR count). The molecule has 1 aliphatic rings. The second-order valence-corrected chi connectivity index (χ2v) is 4.78. The van der Waals surface area contributed by atoms with Gasteiger partial charge in [-0.3, -0.25) is 4.79 Å². The van der Waals surface area contributed by atoms with Gasteiger partial charge in [-0.05, 0) is 25.6 Å². The van der Waals surface area contributed by atoms with E-state index in [2.05, 4.69) is 12.2 Å². The highest BCUT2D eigenvalue weighted by molar-refractivity contribution is 8.00. The van der Waals surface area contributed by atoms with Crippen LogP contribution in [0.2, 0.25) is 0 Å². The van der Waals surface area contributed by atoms with Crippen LogP contribution in [0, 0.1) is 0 Å². The fourth-order valence-electron chi connectivity index (χ4n) is 1.84. The number of methoxy groups -OCH3 is 1. The molecule has 1 aliphatic heterocycles. The van der Waals surface area contributed by atoms with Crippen molar-refractivity contribution in [2.75, 3.05) is 19.9 Å². The molecule has 1 heterocycles. The van der Waals surface area contributed by atoms with Gasteiger partial charge in [-0.2, -0.15) is 11.8 Å². The van der Waals surface area contributed by atoms with Crippen molar-refractivity contribution in [3.05, 3.63) is 0 Å². The lowest BCUT2D eigenvalue weighted by molar-refractivity contribution is -0.148. The van der Waals surface area contributed by atoms with Crippen LogP contribution < -0.4 is 5.32 Å². The number of thioether (sulfide) groups is 1. The SMILES string of the molecule is CNC1(C(=O)OC)CCCSC1C. The Morgan fingerprint density at radius 1 is 1.69 bits per heavy atom. The van der Waals surface area contributed by atoms with Gasteiger partial charge in [0, 0.05) is 5.25 Å². The van der Waals surface area contributed by atoms with Crippen LogP contribution in [0.4, 0.5) is 0 Å². The minimum atomic E-state index is -0.461. The van der Waals surface area contributed by atoms with Crippen molar-refractivity contribution >= 4 is 17.7 Å². The van der Waals surface area contributed by atoms with E-state index in [1.54, 1.807) is 0 Å². The monoisotopic (exact) mass is 203 g/mol. The van der Waals surface area contributed by atoms with Crippen LogP contribution in [0.1, 0.15) is 19.8 Å². The molecule has 3 nitrogen and oxygen atoms in total. The van der Waals surface area contributed by atoms with E-state index in [-0.39, 0.29) is 5.97 Å². The third-order valence-corrected chi connectivity index (χ3v) is 4.20. The first-order valence-electron chi connectivity index (χ1n) is 4.56. The maximum atomic E-state index is 11.6. The van der Waals surface area contributed by atoms with Crippen molar-refractivity contribution in [2.24, 2.45) is 0 Å². The van der Waals surface area contributed by atoms with E-state index in [0.29, 0.717) is 5.25 Å². The minimum absolute atomic E-state index is 0.130. The summed E-state index contributed by atoms with van der Waals surface area (Å²) < 4.78 is 4.84. The first-order valence-corrected chi connectivity index (χ1v) is 5.61. The molecule has 76 valence electrons. The number of carbonyl (C=O) groups excluding carboxylic acids is 1. The Hall–Kier alpha value is -0.220. The number of likely N-dealkylation sites (N-methyl/N-ethyl adjacent to an activating group) is 1. The summed E-state index contributed by atoms with van der Waals surface area (Å²) in [6, 6.07) is 0. The molecule has 2 unspecified atom stereocenters. The van der Waals surface area contributed by atoms with Gasteiger partial charge in [0.1, 0.15) is 5.54 Å². The van der Waals surface area contributed by atoms with Crippen LogP contribution in [-0.2, 0) is 9.53 Å². The molecule has 0 aromatic rings. The molecule has 0 bridgehead atoms. The van der Waals surface area contributed by atoms with Gasteiger partial charge in [-0.1, -0.05) is 6.92 Å². The summed E-state index contributed by atoms with van der Waals surface area (Å²) >= 11 is 1.83. The predicted octanol–water partition coefficient (Wildman–Crippen LogP) is 1.03. The number of esters is 1. The maximum Gasteiger partial charge on any atom is 0.327 e. The lowest BCUT2D eigenvalue weighted by atomic mass is 9.90. The summed E-state index contributed by atoms with van der Waals surface area (Å²) in [5.74, 6) is 1.01. The second kappa shape index (κ2) is 4.33. The van der Waals surface area contributed by atoms with E-state index >= 15 is 0 Å². The Labute approximate surface area is 83.6 Å². The molecule has 13 heavy (non-hydrogen) atoms. The molecule has 0 radical (unpaired) electrons. The van der Waals surface area contributed by atoms with Crippen LogP contribution in [-0.4, -0.2) is 36.7 Å². The van der Waals surface area contributed by atoms with Gasteiger partial charge in [-0.25, -0.2) is 0 Å². The van der Waals surface area contributed by atoms with E-state index in [0.717, 1.165) is 18.6 Å². The summed E-state index contributed by atoms with van der Waals surface area (Å²) in [7, 11) is 3.28. The van der Waals surface area contributed by atoms with Crippen molar-refractivity contribution in [2.45, 2.75) is 30.6 Å². The molecule has 0 aliphatic carbocycles. The number of ether oxygens (including phenoxy) is 1. The van der Waals surface area contributed by atoms with Crippen molar-refractivity contribution in [3.63, 3.8) is 0 Å². The Morgan fingerprint density at radius 2 is 2.38 bits per heavy atom. The maximum absolute atomic E-state index is 11.6. The zero-order valence-electron chi connectivity index (χ0n) is 8.42. The fourth-order valence-corrected chi connectivity index (χ4v) is 3.12. The second-order valence-electron chi connectivity index (χ2n) is 3.33. The third-order valence-electron chi connectivity index (χ3n) is 2.77. The fraction of sp³-hybridized carbons (Fsp3) is 0.889. The van der Waals surface area contributed by atoms with E-state index in [9.17, 15) is 4.79 Å². The van der Waals surface area contributed by atoms with Crippen LogP contribution >= 0.6 is 11.8 Å². The highest BCUT2D eigenvalue weighted by atomic mass is 32.2. The summed E-state index contributed by atoms with van der Waals surface area (Å²) in [4.78, 5) is 11.6. The zero-order chi connectivity index (χ0) is 9.90. The van der Waals surface area contributed by atoms with Gasteiger partial charge >= 0.3 is 5.97 Å². The first-order chi connectivity index (χ1) is 6.17. The lowest BCUT2D eigenvalue weighted by Crippen LogP contribution is -2.58. The van der Waals surface area contributed by atoms with Gasteiger partial charge in [0.25, 0.3) is 0 Å². The molecule has 4 heteroatoms. The van der Waals surface area contributed by atoms with Crippen LogP contribution in [0.25, 0.3) is 0 Å². The van der Waals surface area contributed by atoms with E-state index in [1.807, 2.05) is 18.8 Å². The highest BCUT2D eigenvalue weighted by Crippen LogP contribution is 2.34. The van der Waals surface area contributed by atoms with Gasteiger partial charge in [0.05, 0.1) is 7.11 Å². The smallest absolute Gasteiger partial charge is 0.327 e. The van der Waals surface area contributed by atoms with E-state index in [1.165, 1.54) is 7.11 Å². The molecule has 1 saturated heterocycles. The molecule has 0 saturated carbocycles. The number of carbonyl (C=O) groups is 1. The highest BCUT2D eigenvalue weighted by Gasteiger charge is 2.45. The molecule has 0 aromatic carbocycles. The van der Waals surface area contributed by atoms with Gasteiger partial charge in [0.15, 0.2) is 0 Å². The molecular weight excluding hydrogens is 186 g/mol. The van der Waals surface area contributed by atoms with Crippen LogP contribution in [0.3, 0.4) is 0 Å². The Kier molecular flexibility index (Phi) is 3.62. The molecule has 1 N–H and O–H groups in total. The Morgan fingerprint density at radius 3 is 2.85 bits per heavy atom. The summed E-state index contributed by atoms with van der Waals surface area (Å²) in [6.07, 6.45) is 1.95. The molecular formula is C9H17NO2S. The van der Waals surface area contributed by atoms with Crippen LogP contribution in [0.5, 0.6) is 0 Å². The summed E-state index contributed by atoms with van der Waals surface area (Å²) in [6.45, 7) is 2.08. The zero-order valence-corrected chi connectivity index (χ0v) is 9.24. The predicted molar refractivity (Wildman–Crippen MR) is 55.0 cm³/mol. The van der Waals surface area contributed by atoms with Crippen molar-refractivity contribution in [3.8, 4) is 0 Å². The number of hydrogen-bond acceptors (Lipinski definition) is 4. The van der Waals surface area contributed by atoms with E-state index < -0.39 is 5.54 Å². The van der Waals surface area contributed by atoms with Gasteiger partial charge in [-0.15, -0.1) is 0 Å². The van der Waals surface area contributed by atoms with Gasteiger partial charge < -0.3 is 10.1 Å². The molecule has 1 fully saturated rings. The van der Waals surface area contributed by atoms with Crippen molar-refractivity contribution in [1.82, 2.24) is 5.32 Å². The molecule has 2 atom stereocenters. The minimum Gasteiger partial charge on any atom is -0.468 e.